The van der Waals surface area contributed by atoms with Crippen molar-refractivity contribution < 1.29 is 109 Å². The lowest BCUT2D eigenvalue weighted by atomic mass is 9.85. The van der Waals surface area contributed by atoms with Gasteiger partial charge in [-0.3, -0.25) is 32.2 Å². The van der Waals surface area contributed by atoms with E-state index in [-0.39, 0.29) is 18.3 Å². The molecule has 398 valence electrons. The smallest absolute Gasteiger partial charge is 0.457 e. The zero-order valence-electron chi connectivity index (χ0n) is 38.8. The Morgan fingerprint density at radius 2 is 0.955 bits per heavy atom. The van der Waals surface area contributed by atoms with Gasteiger partial charge >= 0.3 is 37.3 Å². The topological polar surface area (TPSA) is 358 Å². The molecule has 0 amide bonds. The van der Waals surface area contributed by atoms with Crippen molar-refractivity contribution in [2.45, 2.75) is 204 Å². The summed E-state index contributed by atoms with van der Waals surface area (Å²) in [5, 5.41) is 22.0. The molecule has 1 saturated carbocycles. The normalized spacial score (nSPS) is 21.8. The minimum atomic E-state index is -5.77. The van der Waals surface area contributed by atoms with E-state index in [9.17, 15) is 72.3 Å². The fourth-order valence-corrected chi connectivity index (χ4v) is 10.7. The molecule has 23 nitrogen and oxygen atoms in total. The summed E-state index contributed by atoms with van der Waals surface area (Å²) < 4.78 is 87.8. The lowest BCUT2D eigenvalue weighted by molar-refractivity contribution is -0.209. The van der Waals surface area contributed by atoms with Crippen molar-refractivity contribution in [3.05, 3.63) is 0 Å². The van der Waals surface area contributed by atoms with Gasteiger partial charge in [0, 0.05) is 25.2 Å². The number of hydrogen-bond acceptors (Lipinski definition) is 17. The molecule has 28 heteroatoms. The minimum Gasteiger partial charge on any atom is -0.457 e. The molecule has 0 saturated heterocycles. The summed E-state index contributed by atoms with van der Waals surface area (Å²) in [7, 11) is -22.9. The first-order valence-corrected chi connectivity index (χ1v) is 30.3. The van der Waals surface area contributed by atoms with E-state index in [0.717, 1.165) is 89.2 Å². The third kappa shape index (κ3) is 33.9. The maximum absolute atomic E-state index is 13.2. The highest BCUT2D eigenvalue weighted by Crippen LogP contribution is 2.53. The molecule has 1 fully saturated rings. The van der Waals surface area contributed by atoms with Gasteiger partial charge in [-0.1, -0.05) is 135 Å². The van der Waals surface area contributed by atoms with Crippen LogP contribution in [0, 0.1) is 0 Å². The highest BCUT2D eigenvalue weighted by atomic mass is 32.2. The average molecular weight is 1070 g/mol. The number of thioether (sulfide) groups is 1. The molecule has 0 aromatic heterocycles. The van der Waals surface area contributed by atoms with Crippen molar-refractivity contribution in [1.82, 2.24) is 0 Å². The Morgan fingerprint density at radius 1 is 0.507 bits per heavy atom. The molecule has 67 heavy (non-hydrogen) atoms. The number of rotatable bonds is 42. The number of esters is 1. The molecule has 1 aliphatic carbocycles. The van der Waals surface area contributed by atoms with Gasteiger partial charge in [0.15, 0.2) is 5.12 Å². The van der Waals surface area contributed by atoms with Crippen LogP contribution in [-0.2, 0) is 64.7 Å². The van der Waals surface area contributed by atoms with Crippen LogP contribution >= 0.6 is 43.1 Å². The number of unbranched alkanes of at least 4 members (excludes halogenated alkanes) is 18. The van der Waals surface area contributed by atoms with Crippen LogP contribution in [0.25, 0.3) is 0 Å². The van der Waals surface area contributed by atoms with E-state index in [4.69, 9.17) is 23.3 Å². The zero-order chi connectivity index (χ0) is 50.4. The largest absolute Gasteiger partial charge is 0.472 e. The van der Waals surface area contributed by atoms with Crippen LogP contribution in [-0.4, -0.2) is 131 Å². The Balaban J connectivity index is 2.85. The van der Waals surface area contributed by atoms with Crippen molar-refractivity contribution in [2.24, 2.45) is 0 Å². The third-order valence-electron chi connectivity index (χ3n) is 10.4. The number of phosphoric acid groups is 4. The summed E-state index contributed by atoms with van der Waals surface area (Å²) in [6.45, 7) is 2.93. The molecule has 0 aromatic carbocycles. The van der Waals surface area contributed by atoms with Gasteiger partial charge in [-0.05, 0) is 25.7 Å². The highest BCUT2D eigenvalue weighted by Gasteiger charge is 2.59. The third-order valence-corrected chi connectivity index (χ3v) is 13.9. The van der Waals surface area contributed by atoms with Gasteiger partial charge in [0.2, 0.25) is 0 Å². The number of carbonyl (C=O) groups excluding carboxylic acids is 2. The predicted octanol–water partition coefficient (Wildman–Crippen LogP) is 6.83. The SMILES string of the molecule is CCCCCCCCCCCCCCCC(=O)O[C@H](COCOCCCCCCCCCSC(=O)CCC)COP(=O)(O)OC1C(O)[C@H](OP(=O)(O)O)C(OP(=O)(O)O)[C@H](OP(=O)(O)O)[C@@H]1O. The number of hydrogen-bond donors (Lipinski definition) is 9. The van der Waals surface area contributed by atoms with Crippen LogP contribution < -0.4 is 0 Å². The van der Waals surface area contributed by atoms with Crippen molar-refractivity contribution in [3.63, 3.8) is 0 Å². The molecule has 0 aromatic rings. The molecule has 1 rings (SSSR count). The number of aliphatic hydroxyl groups is 2. The first-order chi connectivity index (χ1) is 31.5. The maximum Gasteiger partial charge on any atom is 0.472 e. The second kappa shape index (κ2) is 35.8. The molecule has 8 atom stereocenters. The molecule has 0 bridgehead atoms. The molecular formula is C39H78O23P4S. The Morgan fingerprint density at radius 3 is 1.43 bits per heavy atom. The summed E-state index contributed by atoms with van der Waals surface area (Å²) in [6, 6.07) is 0. The first-order valence-electron chi connectivity index (χ1n) is 23.2. The van der Waals surface area contributed by atoms with Crippen LogP contribution in [0.4, 0.5) is 0 Å². The van der Waals surface area contributed by atoms with E-state index in [1.807, 2.05) is 6.92 Å². The summed E-state index contributed by atoms with van der Waals surface area (Å²) >= 11 is 1.39. The van der Waals surface area contributed by atoms with E-state index < -0.39 is 93.2 Å². The van der Waals surface area contributed by atoms with E-state index in [1.54, 1.807) is 0 Å². The van der Waals surface area contributed by atoms with Gasteiger partial charge in [0.1, 0.15) is 49.5 Å². The van der Waals surface area contributed by atoms with Gasteiger partial charge in [-0.15, -0.1) is 0 Å². The summed E-state index contributed by atoms with van der Waals surface area (Å²) in [5.41, 5.74) is 0. The molecular weight excluding hydrogens is 992 g/mol. The van der Waals surface area contributed by atoms with Crippen LogP contribution in [0.5, 0.6) is 0 Å². The molecule has 4 unspecified atom stereocenters. The molecule has 0 spiro atoms. The molecule has 0 heterocycles. The van der Waals surface area contributed by atoms with E-state index >= 15 is 0 Å². The van der Waals surface area contributed by atoms with Crippen molar-refractivity contribution in [1.29, 1.82) is 0 Å². The Kier molecular flexibility index (Phi) is 34.6. The Bertz CT molecular complexity index is 1490. The quantitative estimate of drug-likeness (QED) is 0.0131. The van der Waals surface area contributed by atoms with Gasteiger partial charge in [-0.2, -0.15) is 0 Å². The second-order valence-electron chi connectivity index (χ2n) is 16.4. The van der Waals surface area contributed by atoms with Crippen LogP contribution in [0.15, 0.2) is 0 Å². The van der Waals surface area contributed by atoms with Gasteiger partial charge in [0.25, 0.3) is 0 Å². The summed E-state index contributed by atoms with van der Waals surface area (Å²) in [5.74, 6) is 0.144. The summed E-state index contributed by atoms with van der Waals surface area (Å²) in [4.78, 5) is 91.6. The van der Waals surface area contributed by atoms with Crippen LogP contribution in [0.2, 0.25) is 0 Å². The van der Waals surface area contributed by atoms with Crippen LogP contribution in [0.3, 0.4) is 0 Å². The van der Waals surface area contributed by atoms with Gasteiger partial charge < -0.3 is 58.7 Å². The van der Waals surface area contributed by atoms with Gasteiger partial charge in [0.05, 0.1) is 13.2 Å². The summed E-state index contributed by atoms with van der Waals surface area (Å²) in [6.07, 6.45) is 4.70. The van der Waals surface area contributed by atoms with Crippen LogP contribution in [0.1, 0.15) is 162 Å². The number of carbonyl (C=O) groups is 2. The minimum absolute atomic E-state index is 0.00410. The molecule has 0 aliphatic heterocycles. The fourth-order valence-electron chi connectivity index (χ4n) is 7.08. The molecule has 1 aliphatic rings. The fraction of sp³-hybridized carbons (Fsp3) is 0.949. The Hall–Kier alpha value is -0.230. The predicted molar refractivity (Wildman–Crippen MR) is 245 cm³/mol. The van der Waals surface area contributed by atoms with Gasteiger partial charge in [-0.25, -0.2) is 18.3 Å². The first kappa shape index (κ1) is 64.8. The lowest BCUT2D eigenvalue weighted by Gasteiger charge is -2.45. The monoisotopic (exact) mass is 1070 g/mol. The van der Waals surface area contributed by atoms with Crippen molar-refractivity contribution in [2.75, 3.05) is 32.4 Å². The molecule has 0 radical (unpaired) electrons. The van der Waals surface area contributed by atoms with Crippen molar-refractivity contribution in [3.8, 4) is 0 Å². The molecule has 9 N–H and O–H groups in total. The maximum atomic E-state index is 13.2. The highest BCUT2D eigenvalue weighted by molar-refractivity contribution is 8.13. The Labute approximate surface area is 398 Å². The lowest BCUT2D eigenvalue weighted by Crippen LogP contribution is -2.65. The number of ether oxygens (including phenoxy) is 3. The van der Waals surface area contributed by atoms with E-state index in [0.29, 0.717) is 19.4 Å². The van der Waals surface area contributed by atoms with E-state index in [2.05, 4.69) is 20.5 Å². The number of phosphoric ester groups is 4. The average Bonchev–Trinajstić information content (AvgIpc) is 3.22. The number of aliphatic hydroxyl groups excluding tert-OH is 2. The second-order valence-corrected chi connectivity index (χ2v) is 22.6. The standard InChI is InChI=1S/C39H78O23P4S/c1-3-5-6-7-8-9-10-11-12-13-15-18-21-25-32(40)58-31(28-56-30-55-26-22-19-16-14-17-20-23-27-67-33(41)24-4-2)29-57-66(53,54)62-36-34(42)37(59-63(44,45)46)39(61-65(50,51)52)38(35(36)43)60-64(47,48)49/h31,34-39,42-43H,3-30H2,1-2H3,(H,53,54)(H2,44,45,46)(H2,47,48,49)(H2,50,51,52)/t31-,34-,35?,36?,37-,38+,39?/m1/s1. The van der Waals surface area contributed by atoms with E-state index in [1.165, 1.54) is 56.7 Å². The van der Waals surface area contributed by atoms with Crippen molar-refractivity contribution >= 4 is 54.1 Å². The zero-order valence-corrected chi connectivity index (χ0v) is 43.2.